The van der Waals surface area contributed by atoms with Gasteiger partial charge in [0.15, 0.2) is 11.5 Å². The van der Waals surface area contributed by atoms with Crippen molar-refractivity contribution in [2.45, 2.75) is 6.54 Å². The number of hydrogen-bond donors (Lipinski definition) is 0. The summed E-state index contributed by atoms with van der Waals surface area (Å²) in [4.78, 5) is 7.64. The number of piperazine rings is 1. The Labute approximate surface area is 107 Å². The molecule has 1 aromatic carbocycles. The summed E-state index contributed by atoms with van der Waals surface area (Å²) < 4.78 is 10.7. The highest BCUT2D eigenvalue weighted by Crippen LogP contribution is 2.32. The van der Waals surface area contributed by atoms with Crippen LogP contribution in [-0.4, -0.2) is 50.0 Å². The van der Waals surface area contributed by atoms with Gasteiger partial charge in [0.05, 0.1) is 7.11 Å². The molecule has 0 atom stereocenters. The van der Waals surface area contributed by atoms with Crippen LogP contribution in [0.15, 0.2) is 18.2 Å². The van der Waals surface area contributed by atoms with Crippen LogP contribution in [0.4, 0.5) is 0 Å². The van der Waals surface area contributed by atoms with Crippen LogP contribution in [0.1, 0.15) is 5.56 Å². The molecule has 0 radical (unpaired) electrons. The number of nitrogens with zero attached hydrogens (tertiary/aromatic N) is 2. The molecule has 5 nitrogen and oxygen atoms in total. The predicted molar refractivity (Wildman–Crippen MR) is 66.4 cm³/mol. The Morgan fingerprint density at radius 2 is 1.89 bits per heavy atom. The van der Waals surface area contributed by atoms with Gasteiger partial charge in [-0.1, -0.05) is 6.07 Å². The van der Waals surface area contributed by atoms with Gasteiger partial charge in [-0.25, -0.2) is 0 Å². The van der Waals surface area contributed by atoms with E-state index >= 15 is 0 Å². The van der Waals surface area contributed by atoms with Gasteiger partial charge in [-0.2, -0.15) is 5.06 Å². The van der Waals surface area contributed by atoms with Gasteiger partial charge in [0.1, 0.15) is 0 Å². The van der Waals surface area contributed by atoms with Crippen molar-refractivity contribution in [2.75, 3.05) is 40.1 Å². The van der Waals surface area contributed by atoms with Gasteiger partial charge >= 0.3 is 0 Å². The van der Waals surface area contributed by atoms with E-state index in [1.165, 1.54) is 5.56 Å². The fourth-order valence-corrected chi connectivity index (χ4v) is 2.37. The summed E-state index contributed by atoms with van der Waals surface area (Å²) in [6.07, 6.45) is 0. The van der Waals surface area contributed by atoms with Gasteiger partial charge in [0, 0.05) is 32.7 Å². The maximum Gasteiger partial charge on any atom is 0.231 e. The summed E-state index contributed by atoms with van der Waals surface area (Å²) in [5.41, 5.74) is 1.27. The van der Waals surface area contributed by atoms with Crippen LogP contribution in [0.3, 0.4) is 0 Å². The summed E-state index contributed by atoms with van der Waals surface area (Å²) >= 11 is 0. The van der Waals surface area contributed by atoms with Crippen LogP contribution < -0.4 is 9.47 Å². The maximum absolute atomic E-state index is 5.39. The zero-order chi connectivity index (χ0) is 12.4. The van der Waals surface area contributed by atoms with Crippen LogP contribution >= 0.6 is 0 Å². The fourth-order valence-electron chi connectivity index (χ4n) is 2.37. The molecule has 18 heavy (non-hydrogen) atoms. The molecule has 0 bridgehead atoms. The highest BCUT2D eigenvalue weighted by molar-refractivity contribution is 5.44. The van der Waals surface area contributed by atoms with E-state index in [9.17, 15) is 0 Å². The highest BCUT2D eigenvalue weighted by atomic mass is 16.7. The fraction of sp³-hybridized carbons (Fsp3) is 0.538. The zero-order valence-electron chi connectivity index (χ0n) is 10.6. The molecule has 2 heterocycles. The molecule has 98 valence electrons. The smallest absolute Gasteiger partial charge is 0.231 e. The Bertz CT molecular complexity index is 417. The van der Waals surface area contributed by atoms with Crippen molar-refractivity contribution in [3.05, 3.63) is 23.8 Å². The monoisotopic (exact) mass is 250 g/mol. The summed E-state index contributed by atoms with van der Waals surface area (Å²) in [6, 6.07) is 6.17. The highest BCUT2D eigenvalue weighted by Gasteiger charge is 2.18. The summed E-state index contributed by atoms with van der Waals surface area (Å²) in [6.45, 7) is 5.27. The topological polar surface area (TPSA) is 34.2 Å². The maximum atomic E-state index is 5.39. The van der Waals surface area contributed by atoms with Crippen molar-refractivity contribution in [2.24, 2.45) is 0 Å². The molecular weight excluding hydrogens is 232 g/mol. The van der Waals surface area contributed by atoms with Crippen LogP contribution in [-0.2, 0) is 11.4 Å². The molecule has 2 aliphatic rings. The SMILES string of the molecule is CON1CCN(Cc2ccc3c(c2)OCO3)CC1. The first kappa shape index (κ1) is 11.8. The lowest BCUT2D eigenvalue weighted by Gasteiger charge is -2.33. The Morgan fingerprint density at radius 3 is 2.67 bits per heavy atom. The molecule has 3 rings (SSSR count). The molecule has 0 N–H and O–H groups in total. The number of ether oxygens (including phenoxy) is 2. The Morgan fingerprint density at radius 1 is 1.11 bits per heavy atom. The quantitative estimate of drug-likeness (QED) is 0.802. The molecule has 2 aliphatic heterocycles. The average Bonchev–Trinajstić information content (AvgIpc) is 2.87. The number of hydrogen-bond acceptors (Lipinski definition) is 5. The minimum absolute atomic E-state index is 0.339. The summed E-state index contributed by atoms with van der Waals surface area (Å²) in [7, 11) is 1.73. The van der Waals surface area contributed by atoms with Gasteiger partial charge in [0.2, 0.25) is 6.79 Å². The second-order valence-corrected chi connectivity index (χ2v) is 4.58. The van der Waals surface area contributed by atoms with Crippen LogP contribution in [0.5, 0.6) is 11.5 Å². The second kappa shape index (κ2) is 5.14. The molecule has 1 saturated heterocycles. The van der Waals surface area contributed by atoms with E-state index in [2.05, 4.69) is 17.0 Å². The second-order valence-electron chi connectivity index (χ2n) is 4.58. The standard InChI is InChI=1S/C13H18N2O3/c1-16-15-6-4-14(5-7-15)9-11-2-3-12-13(8-11)18-10-17-12/h2-3,8H,4-7,9-10H2,1H3. The third kappa shape index (κ3) is 2.43. The predicted octanol–water partition coefficient (Wildman–Crippen LogP) is 1.09. The number of benzene rings is 1. The van der Waals surface area contributed by atoms with E-state index in [0.717, 1.165) is 44.2 Å². The molecule has 0 aliphatic carbocycles. The van der Waals surface area contributed by atoms with E-state index in [1.807, 2.05) is 11.1 Å². The number of hydroxylamine groups is 2. The number of rotatable bonds is 3. The Balaban J connectivity index is 1.60. The van der Waals surface area contributed by atoms with Gasteiger partial charge < -0.3 is 14.3 Å². The van der Waals surface area contributed by atoms with Crippen LogP contribution in [0, 0.1) is 0 Å². The molecule has 0 amide bonds. The van der Waals surface area contributed by atoms with Crippen molar-refractivity contribution < 1.29 is 14.3 Å². The Kier molecular flexibility index (Phi) is 3.36. The van der Waals surface area contributed by atoms with E-state index < -0.39 is 0 Å². The lowest BCUT2D eigenvalue weighted by atomic mass is 10.2. The molecule has 1 aromatic rings. The number of fused-ring (bicyclic) bond motifs is 1. The summed E-state index contributed by atoms with van der Waals surface area (Å²) in [5, 5.41) is 2.00. The first-order valence-electron chi connectivity index (χ1n) is 6.25. The molecular formula is C13H18N2O3. The van der Waals surface area contributed by atoms with Gasteiger partial charge in [0.25, 0.3) is 0 Å². The first-order valence-corrected chi connectivity index (χ1v) is 6.25. The molecule has 1 fully saturated rings. The zero-order valence-corrected chi connectivity index (χ0v) is 10.6. The lowest BCUT2D eigenvalue weighted by molar-refractivity contribution is -0.152. The normalized spacial score (nSPS) is 20.3. The average molecular weight is 250 g/mol. The molecule has 0 saturated carbocycles. The summed E-state index contributed by atoms with van der Waals surface area (Å²) in [5.74, 6) is 1.71. The third-order valence-corrected chi connectivity index (χ3v) is 3.43. The van der Waals surface area contributed by atoms with Gasteiger partial charge in [-0.05, 0) is 17.7 Å². The molecule has 0 spiro atoms. The first-order chi connectivity index (χ1) is 8.85. The third-order valence-electron chi connectivity index (χ3n) is 3.43. The van der Waals surface area contributed by atoms with Crippen molar-refractivity contribution in [1.82, 2.24) is 9.96 Å². The van der Waals surface area contributed by atoms with E-state index in [0.29, 0.717) is 6.79 Å². The minimum Gasteiger partial charge on any atom is -0.454 e. The van der Waals surface area contributed by atoms with Crippen molar-refractivity contribution in [1.29, 1.82) is 0 Å². The van der Waals surface area contributed by atoms with Crippen molar-refractivity contribution in [3.8, 4) is 11.5 Å². The largest absolute Gasteiger partial charge is 0.454 e. The minimum atomic E-state index is 0.339. The van der Waals surface area contributed by atoms with Crippen LogP contribution in [0.25, 0.3) is 0 Å². The van der Waals surface area contributed by atoms with Crippen LogP contribution in [0.2, 0.25) is 0 Å². The van der Waals surface area contributed by atoms with Crippen molar-refractivity contribution >= 4 is 0 Å². The van der Waals surface area contributed by atoms with E-state index in [1.54, 1.807) is 7.11 Å². The van der Waals surface area contributed by atoms with Gasteiger partial charge in [-0.15, -0.1) is 0 Å². The molecule has 5 heteroatoms. The molecule has 0 unspecified atom stereocenters. The van der Waals surface area contributed by atoms with Gasteiger partial charge in [-0.3, -0.25) is 4.90 Å². The van der Waals surface area contributed by atoms with E-state index in [-0.39, 0.29) is 0 Å². The molecule has 0 aromatic heterocycles. The lowest BCUT2D eigenvalue weighted by Crippen LogP contribution is -2.45. The van der Waals surface area contributed by atoms with E-state index in [4.69, 9.17) is 14.3 Å². The Hall–Kier alpha value is -1.30. The van der Waals surface area contributed by atoms with Crippen molar-refractivity contribution in [3.63, 3.8) is 0 Å².